The third-order valence-electron chi connectivity index (χ3n) is 0.998. The van der Waals surface area contributed by atoms with Crippen molar-refractivity contribution >= 4 is 23.5 Å². The van der Waals surface area contributed by atoms with Crippen LogP contribution in [0.15, 0.2) is 0 Å². The third kappa shape index (κ3) is 3.76. The van der Waals surface area contributed by atoms with Crippen molar-refractivity contribution < 1.29 is 18.5 Å². The van der Waals surface area contributed by atoms with E-state index in [0.29, 0.717) is 0 Å². The molecule has 1 rings (SSSR count). The Bertz CT molecular complexity index is 224. The van der Waals surface area contributed by atoms with E-state index in [1.165, 1.54) is 0 Å². The SMILES string of the molecule is N=[SH-]=O.NC(=O)C1CNC(=O)O1. The summed E-state index contributed by atoms with van der Waals surface area (Å²) in [7, 11) is 0. The molecule has 0 aromatic carbocycles. The molecule has 7 nitrogen and oxygen atoms in total. The van der Waals surface area contributed by atoms with Crippen LogP contribution >= 0.6 is 0 Å². The van der Waals surface area contributed by atoms with Gasteiger partial charge in [-0.05, 0) is 0 Å². The highest BCUT2D eigenvalue weighted by Crippen LogP contribution is 1.97. The molecule has 1 heterocycles. The van der Waals surface area contributed by atoms with Gasteiger partial charge in [-0.25, -0.2) is 16.3 Å². The molecule has 1 atom stereocenters. The summed E-state index contributed by atoms with van der Waals surface area (Å²) in [5.74, 6) is -0.617. The number of cyclic esters (lactones) is 1. The molecule has 2 amide bonds. The first-order valence-corrected chi connectivity index (χ1v) is 3.66. The zero-order chi connectivity index (χ0) is 9.56. The molecular formula is C4H8N3O4S-. The number of primary amides is 1. The predicted molar refractivity (Wildman–Crippen MR) is 39.6 cm³/mol. The molecule has 0 aromatic rings. The third-order valence-corrected chi connectivity index (χ3v) is 0.998. The van der Waals surface area contributed by atoms with Gasteiger partial charge in [0.2, 0.25) is 0 Å². The fourth-order valence-corrected chi connectivity index (χ4v) is 0.547. The first kappa shape index (κ1) is 10.7. The van der Waals surface area contributed by atoms with Gasteiger partial charge in [-0.2, -0.15) is 0 Å². The summed E-state index contributed by atoms with van der Waals surface area (Å²) in [5, 5.41) is 2.29. The minimum absolute atomic E-state index is 0.189. The van der Waals surface area contributed by atoms with E-state index in [0.717, 1.165) is 0 Å². The van der Waals surface area contributed by atoms with E-state index in [9.17, 15) is 9.59 Å². The van der Waals surface area contributed by atoms with Gasteiger partial charge in [0, 0.05) is 0 Å². The molecule has 0 aromatic heterocycles. The maximum Gasteiger partial charge on any atom is 0.408 e. The quantitative estimate of drug-likeness (QED) is 0.347. The maximum absolute atomic E-state index is 10.3. The molecular weight excluding hydrogens is 186 g/mol. The molecule has 12 heavy (non-hydrogen) atoms. The number of carbonyl (C=O) groups excluding carboxylic acids is 2. The largest absolute Gasteiger partial charge is 0.448 e. The van der Waals surface area contributed by atoms with E-state index in [1.54, 1.807) is 0 Å². The van der Waals surface area contributed by atoms with Gasteiger partial charge in [-0.15, -0.1) is 0 Å². The molecule has 1 unspecified atom stereocenters. The number of nitrogens with one attached hydrogen (secondary N) is 2. The zero-order valence-corrected chi connectivity index (χ0v) is 6.84. The Hall–Kier alpha value is -1.31. The van der Waals surface area contributed by atoms with Crippen molar-refractivity contribution in [2.75, 3.05) is 6.54 Å². The highest BCUT2D eigenvalue weighted by Gasteiger charge is 2.26. The van der Waals surface area contributed by atoms with Crippen LogP contribution in [0.25, 0.3) is 0 Å². The van der Waals surface area contributed by atoms with Crippen molar-refractivity contribution in [1.29, 1.82) is 4.78 Å². The van der Waals surface area contributed by atoms with Crippen molar-refractivity contribution in [3.05, 3.63) is 0 Å². The molecule has 0 spiro atoms. The van der Waals surface area contributed by atoms with Gasteiger partial charge >= 0.3 is 6.09 Å². The molecule has 4 N–H and O–H groups in total. The molecule has 8 heteroatoms. The number of alkyl carbamates (subject to hydrolysis) is 1. The highest BCUT2D eigenvalue weighted by atomic mass is 32.1. The lowest BCUT2D eigenvalue weighted by Gasteiger charge is -1.98. The van der Waals surface area contributed by atoms with Crippen molar-refractivity contribution in [3.63, 3.8) is 0 Å². The van der Waals surface area contributed by atoms with Gasteiger partial charge in [0.15, 0.2) is 6.10 Å². The number of carbonyl (C=O) groups is 2. The standard InChI is InChI=1S/C4H6N2O3.H2NOS/c5-3(7)2-1-6-4(8)9-2;1-3-2/h2H,1H2,(H2,5,7)(H,6,8);1,3H/q;-1. The predicted octanol–water partition coefficient (Wildman–Crippen LogP) is -1.51. The number of hydrogen-bond donors (Lipinski definition) is 3. The van der Waals surface area contributed by atoms with Crippen LogP contribution < -0.4 is 11.1 Å². The summed E-state index contributed by atoms with van der Waals surface area (Å²) in [6, 6.07) is 0. The van der Waals surface area contributed by atoms with Gasteiger partial charge in [0.1, 0.15) is 0 Å². The van der Waals surface area contributed by atoms with Crippen molar-refractivity contribution in [1.82, 2.24) is 5.32 Å². The van der Waals surface area contributed by atoms with Crippen molar-refractivity contribution in [3.8, 4) is 0 Å². The lowest BCUT2D eigenvalue weighted by atomic mass is 10.3. The van der Waals surface area contributed by atoms with Crippen LogP contribution in [0.2, 0.25) is 0 Å². The molecule has 1 saturated heterocycles. The van der Waals surface area contributed by atoms with E-state index in [1.807, 2.05) is 0 Å². The first-order chi connectivity index (χ1) is 5.61. The Kier molecular flexibility index (Phi) is 4.77. The molecule has 70 valence electrons. The Labute approximate surface area is 71.3 Å². The molecule has 0 radical (unpaired) electrons. The molecule has 1 aliphatic heterocycles. The highest BCUT2D eigenvalue weighted by molar-refractivity contribution is 7.52. The van der Waals surface area contributed by atoms with Gasteiger partial charge in [0.05, 0.1) is 6.54 Å². The number of ether oxygens (including phenoxy) is 1. The smallest absolute Gasteiger partial charge is 0.408 e. The lowest BCUT2D eigenvalue weighted by Crippen LogP contribution is -2.31. The summed E-state index contributed by atoms with van der Waals surface area (Å²) in [6.07, 6.45) is -1.36. The second-order valence-corrected chi connectivity index (χ2v) is 1.95. The van der Waals surface area contributed by atoms with E-state index in [-0.39, 0.29) is 6.54 Å². The van der Waals surface area contributed by atoms with Crippen molar-refractivity contribution in [2.45, 2.75) is 6.10 Å². The Morgan fingerprint density at radius 2 is 2.33 bits per heavy atom. The van der Waals surface area contributed by atoms with Crippen LogP contribution in [0.5, 0.6) is 0 Å². The average molecular weight is 194 g/mol. The first-order valence-electron chi connectivity index (χ1n) is 2.84. The Morgan fingerprint density at radius 3 is 2.50 bits per heavy atom. The molecule has 1 fully saturated rings. The number of thiol groups is 1. The minimum Gasteiger partial charge on any atom is -0.448 e. The summed E-state index contributed by atoms with van der Waals surface area (Å²) >= 11 is -0.583. The van der Waals surface area contributed by atoms with Crippen LogP contribution in [-0.2, 0) is 25.2 Å². The maximum atomic E-state index is 10.3. The number of nitrogens with two attached hydrogens (primary N) is 1. The zero-order valence-electron chi connectivity index (χ0n) is 5.94. The fourth-order valence-electron chi connectivity index (χ4n) is 0.547. The molecule has 1 aliphatic rings. The van der Waals surface area contributed by atoms with Gasteiger partial charge in [0.25, 0.3) is 5.91 Å². The molecule has 0 saturated carbocycles. The van der Waals surface area contributed by atoms with Crippen LogP contribution in [-0.4, -0.2) is 24.6 Å². The summed E-state index contributed by atoms with van der Waals surface area (Å²) in [6.45, 7) is 0.189. The van der Waals surface area contributed by atoms with E-state index in [2.05, 4.69) is 10.1 Å². The van der Waals surface area contributed by atoms with Crippen LogP contribution in [0.4, 0.5) is 4.79 Å². The summed E-state index contributed by atoms with van der Waals surface area (Å²) in [4.78, 5) is 20.5. The van der Waals surface area contributed by atoms with Gasteiger partial charge in [-0.3, -0.25) is 4.79 Å². The number of rotatable bonds is 1. The molecule has 0 bridgehead atoms. The summed E-state index contributed by atoms with van der Waals surface area (Å²) in [5.41, 5.74) is 4.80. The lowest BCUT2D eigenvalue weighted by molar-refractivity contribution is -0.124. The number of amides is 2. The molecule has 0 aliphatic carbocycles. The van der Waals surface area contributed by atoms with Gasteiger partial charge < -0.3 is 24.8 Å². The summed E-state index contributed by atoms with van der Waals surface area (Å²) < 4.78 is 18.6. The Morgan fingerprint density at radius 1 is 1.83 bits per heavy atom. The topological polar surface area (TPSA) is 122 Å². The minimum atomic E-state index is -0.780. The van der Waals surface area contributed by atoms with E-state index < -0.39 is 29.6 Å². The second kappa shape index (κ2) is 5.35. The van der Waals surface area contributed by atoms with Gasteiger partial charge in [-0.1, -0.05) is 0 Å². The van der Waals surface area contributed by atoms with E-state index >= 15 is 0 Å². The van der Waals surface area contributed by atoms with E-state index in [4.69, 9.17) is 14.7 Å². The fraction of sp³-hybridized carbons (Fsp3) is 0.500. The van der Waals surface area contributed by atoms with Crippen molar-refractivity contribution in [2.24, 2.45) is 5.73 Å². The van der Waals surface area contributed by atoms with Crippen LogP contribution in [0, 0.1) is 4.78 Å². The normalized spacial score (nSPS) is 20.0. The number of hydrogen-bond acceptors (Lipinski definition) is 6. The monoisotopic (exact) mass is 194 g/mol. The Balaban J connectivity index is 0.000000354. The second-order valence-electron chi connectivity index (χ2n) is 1.77. The van der Waals surface area contributed by atoms with Crippen LogP contribution in [0.3, 0.4) is 0 Å². The van der Waals surface area contributed by atoms with Crippen LogP contribution in [0.1, 0.15) is 0 Å². The average Bonchev–Trinajstić information content (AvgIpc) is 2.37.